The number of esters is 4. The maximum absolute atomic E-state index is 12.2. The molecular formula is C26H26BrN3O10S. The number of ether oxygens (including phenoxy) is 5. The highest BCUT2D eigenvalue weighted by Crippen LogP contribution is 2.39. The van der Waals surface area contributed by atoms with Crippen LogP contribution in [0.15, 0.2) is 56.7 Å². The van der Waals surface area contributed by atoms with E-state index in [4.69, 9.17) is 28.1 Å². The van der Waals surface area contributed by atoms with Crippen molar-refractivity contribution in [1.82, 2.24) is 14.8 Å². The van der Waals surface area contributed by atoms with Crippen LogP contribution in [0.3, 0.4) is 0 Å². The molecule has 218 valence electrons. The number of hydrogen-bond donors (Lipinski definition) is 0. The highest BCUT2D eigenvalue weighted by atomic mass is 79.9. The maximum atomic E-state index is 12.2. The molecule has 1 aliphatic heterocycles. The number of benzene rings is 1. The third kappa shape index (κ3) is 7.54. The summed E-state index contributed by atoms with van der Waals surface area (Å²) in [7, 11) is 0. The summed E-state index contributed by atoms with van der Waals surface area (Å²) in [4.78, 5) is 47.9. The van der Waals surface area contributed by atoms with Crippen LogP contribution in [-0.4, -0.2) is 75.1 Å². The predicted molar refractivity (Wildman–Crippen MR) is 145 cm³/mol. The molecule has 0 bridgehead atoms. The van der Waals surface area contributed by atoms with Gasteiger partial charge in [-0.3, -0.25) is 23.7 Å². The van der Waals surface area contributed by atoms with Crippen molar-refractivity contribution in [3.8, 4) is 17.3 Å². The molecule has 3 aromatic rings. The number of hydrogen-bond acceptors (Lipinski definition) is 13. The van der Waals surface area contributed by atoms with E-state index in [1.165, 1.54) is 20.1 Å². The Hall–Kier alpha value is -3.69. The SMILES string of the molecule is CC(=O)OC[C@H]1O[C@@H](Sc2nnc(-c3ccco3)n2-c2ccc(Br)cc2)[C@H](OC(C)=O)[C@@H](OC(C)=O)[C@H]1OC(C)=O. The first kappa shape index (κ1) is 30.3. The molecule has 0 aliphatic carbocycles. The number of thioether (sulfide) groups is 1. The fraction of sp³-hybridized carbons (Fsp3) is 0.385. The minimum atomic E-state index is -1.30. The largest absolute Gasteiger partial charge is 0.463 e. The molecule has 0 N–H and O–H groups in total. The van der Waals surface area contributed by atoms with Crippen molar-refractivity contribution in [3.63, 3.8) is 0 Å². The lowest BCUT2D eigenvalue weighted by Gasteiger charge is -2.43. The Kier molecular flexibility index (Phi) is 9.83. The van der Waals surface area contributed by atoms with Crippen LogP contribution in [0.4, 0.5) is 0 Å². The lowest BCUT2D eigenvalue weighted by molar-refractivity contribution is -0.237. The second-order valence-electron chi connectivity index (χ2n) is 8.78. The number of furan rings is 1. The van der Waals surface area contributed by atoms with Gasteiger partial charge < -0.3 is 28.1 Å². The zero-order valence-corrected chi connectivity index (χ0v) is 24.7. The summed E-state index contributed by atoms with van der Waals surface area (Å²) in [5.41, 5.74) is -0.406. The van der Waals surface area contributed by atoms with Gasteiger partial charge >= 0.3 is 23.9 Å². The smallest absolute Gasteiger partial charge is 0.303 e. The van der Waals surface area contributed by atoms with Gasteiger partial charge in [-0.1, -0.05) is 15.9 Å². The van der Waals surface area contributed by atoms with E-state index in [0.29, 0.717) is 22.4 Å². The highest BCUT2D eigenvalue weighted by Gasteiger charge is 2.53. The average Bonchev–Trinajstić information content (AvgIpc) is 3.56. The van der Waals surface area contributed by atoms with Crippen LogP contribution in [-0.2, 0) is 42.9 Å². The first-order chi connectivity index (χ1) is 19.5. The van der Waals surface area contributed by atoms with E-state index >= 15 is 0 Å². The molecule has 0 saturated carbocycles. The molecule has 0 radical (unpaired) electrons. The molecule has 15 heteroatoms. The lowest BCUT2D eigenvalue weighted by atomic mass is 9.99. The summed E-state index contributed by atoms with van der Waals surface area (Å²) in [5.74, 6) is -1.93. The molecule has 13 nitrogen and oxygen atoms in total. The number of halogens is 1. The van der Waals surface area contributed by atoms with E-state index in [1.807, 2.05) is 24.3 Å². The van der Waals surface area contributed by atoms with Gasteiger partial charge in [0.2, 0.25) is 5.82 Å². The van der Waals surface area contributed by atoms with Crippen molar-refractivity contribution in [3.05, 3.63) is 47.1 Å². The van der Waals surface area contributed by atoms with Gasteiger partial charge in [0.15, 0.2) is 34.7 Å². The first-order valence-corrected chi connectivity index (χ1v) is 13.9. The number of carbonyl (C=O) groups excluding carboxylic acids is 4. The van der Waals surface area contributed by atoms with Crippen molar-refractivity contribution in [2.24, 2.45) is 0 Å². The van der Waals surface area contributed by atoms with Crippen LogP contribution in [0.1, 0.15) is 27.7 Å². The fourth-order valence-corrected chi connectivity index (χ4v) is 5.52. The van der Waals surface area contributed by atoms with E-state index in [9.17, 15) is 19.2 Å². The van der Waals surface area contributed by atoms with E-state index in [2.05, 4.69) is 26.1 Å². The van der Waals surface area contributed by atoms with Crippen molar-refractivity contribution in [2.75, 3.05) is 6.61 Å². The van der Waals surface area contributed by atoms with E-state index in [1.54, 1.807) is 16.7 Å². The minimum absolute atomic E-state index is 0.305. The Bertz CT molecular complexity index is 1390. The summed E-state index contributed by atoms with van der Waals surface area (Å²) in [6.45, 7) is 4.36. The minimum Gasteiger partial charge on any atom is -0.463 e. The summed E-state index contributed by atoms with van der Waals surface area (Å²) >= 11 is 4.44. The maximum Gasteiger partial charge on any atom is 0.303 e. The van der Waals surface area contributed by atoms with Crippen LogP contribution < -0.4 is 0 Å². The molecule has 1 aliphatic rings. The quantitative estimate of drug-likeness (QED) is 0.245. The van der Waals surface area contributed by atoms with E-state index in [-0.39, 0.29) is 6.61 Å². The number of carbonyl (C=O) groups is 4. The van der Waals surface area contributed by atoms with Crippen LogP contribution in [0.5, 0.6) is 0 Å². The second kappa shape index (κ2) is 13.3. The zero-order valence-electron chi connectivity index (χ0n) is 22.3. The van der Waals surface area contributed by atoms with Gasteiger partial charge in [-0.15, -0.1) is 10.2 Å². The summed E-state index contributed by atoms with van der Waals surface area (Å²) in [6.07, 6.45) is -3.42. The number of aromatic nitrogens is 3. The van der Waals surface area contributed by atoms with Gasteiger partial charge in [-0.2, -0.15) is 0 Å². The molecule has 41 heavy (non-hydrogen) atoms. The molecule has 0 spiro atoms. The van der Waals surface area contributed by atoms with Gasteiger partial charge in [0.05, 0.1) is 6.26 Å². The van der Waals surface area contributed by atoms with Crippen LogP contribution in [0, 0.1) is 0 Å². The summed E-state index contributed by atoms with van der Waals surface area (Å²) < 4.78 is 36.0. The second-order valence-corrected chi connectivity index (χ2v) is 10.8. The molecule has 0 unspecified atom stereocenters. The fourth-order valence-electron chi connectivity index (χ4n) is 4.12. The Morgan fingerprint density at radius 2 is 1.51 bits per heavy atom. The number of nitrogens with zero attached hydrogens (tertiary/aromatic N) is 3. The zero-order chi connectivity index (χ0) is 29.7. The molecular weight excluding hydrogens is 626 g/mol. The van der Waals surface area contributed by atoms with Gasteiger partial charge in [0, 0.05) is 37.9 Å². The highest BCUT2D eigenvalue weighted by molar-refractivity contribution is 9.10. The normalized spacial score (nSPS) is 22.0. The summed E-state index contributed by atoms with van der Waals surface area (Å²) in [5, 5.41) is 8.95. The molecule has 1 fully saturated rings. The summed E-state index contributed by atoms with van der Waals surface area (Å²) in [6, 6.07) is 10.8. The van der Waals surface area contributed by atoms with Crippen LogP contribution in [0.25, 0.3) is 17.3 Å². The van der Waals surface area contributed by atoms with Crippen molar-refractivity contribution < 1.29 is 47.3 Å². The molecule has 2 aromatic heterocycles. The monoisotopic (exact) mass is 651 g/mol. The van der Waals surface area contributed by atoms with Crippen LogP contribution >= 0.6 is 27.7 Å². The Balaban J connectivity index is 1.79. The van der Waals surface area contributed by atoms with Gasteiger partial charge in [-0.05, 0) is 48.2 Å². The molecule has 3 heterocycles. The molecule has 5 atom stereocenters. The van der Waals surface area contributed by atoms with Crippen molar-refractivity contribution in [2.45, 2.75) is 62.7 Å². The van der Waals surface area contributed by atoms with Crippen LogP contribution in [0.2, 0.25) is 0 Å². The van der Waals surface area contributed by atoms with Crippen molar-refractivity contribution in [1.29, 1.82) is 0 Å². The topological polar surface area (TPSA) is 158 Å². The molecule has 1 aromatic carbocycles. The molecule has 0 amide bonds. The van der Waals surface area contributed by atoms with Gasteiger partial charge in [0.1, 0.15) is 12.7 Å². The third-order valence-electron chi connectivity index (χ3n) is 5.63. The van der Waals surface area contributed by atoms with Gasteiger partial charge in [-0.25, -0.2) is 0 Å². The van der Waals surface area contributed by atoms with E-state index < -0.39 is 53.7 Å². The van der Waals surface area contributed by atoms with Gasteiger partial charge in [0.25, 0.3) is 0 Å². The first-order valence-electron chi connectivity index (χ1n) is 12.3. The molecule has 1 saturated heterocycles. The average molecular weight is 652 g/mol. The molecule has 4 rings (SSSR count). The lowest BCUT2D eigenvalue weighted by Crippen LogP contribution is -2.61. The number of rotatable bonds is 9. The third-order valence-corrected chi connectivity index (χ3v) is 7.24. The van der Waals surface area contributed by atoms with E-state index in [0.717, 1.165) is 30.1 Å². The Morgan fingerprint density at radius 1 is 0.878 bits per heavy atom. The predicted octanol–water partition coefficient (Wildman–Crippen LogP) is 3.47. The standard InChI is InChI=1S/C26H26BrN3O10S/c1-13(31)36-12-20-21(37-14(2)32)22(38-15(3)33)23(39-16(4)34)25(40-20)41-26-29-28-24(19-6-5-11-35-19)30(26)18-9-7-17(27)8-10-18/h5-11,20-23,25H,12H2,1-4H3/t20-,21+,22+,23-,25+/m1/s1. The Morgan fingerprint density at radius 3 is 2.10 bits per heavy atom. The Labute approximate surface area is 246 Å². The van der Waals surface area contributed by atoms with Crippen molar-refractivity contribution >= 4 is 51.6 Å².